The molecule has 0 saturated heterocycles. The molecule has 5 heteroatoms. The third-order valence-electron chi connectivity index (χ3n) is 6.75. The summed E-state index contributed by atoms with van der Waals surface area (Å²) in [4.78, 5) is 12.8. The van der Waals surface area contributed by atoms with Gasteiger partial charge in [-0.1, -0.05) is 42.5 Å². The number of carbonyl (C=O) groups is 1. The predicted octanol–water partition coefficient (Wildman–Crippen LogP) is 4.29. The quantitative estimate of drug-likeness (QED) is 0.556. The first kappa shape index (κ1) is 21.2. The SMILES string of the molecule is CCO[C@@H]1OC(C(=O)NC2CC2)=C[C@H](c2ccc3c(c2)Cc2ccccc2-3)[C@@H]1CCCO. The fourth-order valence-corrected chi connectivity index (χ4v) is 5.00. The van der Waals surface area contributed by atoms with E-state index in [4.69, 9.17) is 9.47 Å². The molecule has 0 spiro atoms. The Bertz CT molecular complexity index is 1030. The molecule has 0 bridgehead atoms. The highest BCUT2D eigenvalue weighted by Gasteiger charge is 2.39. The highest BCUT2D eigenvalue weighted by Crippen LogP contribution is 2.43. The predicted molar refractivity (Wildman–Crippen MR) is 123 cm³/mol. The average Bonchev–Trinajstić information content (AvgIpc) is 3.54. The number of aliphatic hydroxyl groups excluding tert-OH is 1. The number of amides is 1. The molecule has 2 aliphatic carbocycles. The van der Waals surface area contributed by atoms with Crippen molar-refractivity contribution < 1.29 is 19.4 Å². The minimum absolute atomic E-state index is 0.0131. The van der Waals surface area contributed by atoms with Crippen LogP contribution in [-0.2, 0) is 20.7 Å². The third-order valence-corrected chi connectivity index (χ3v) is 6.75. The van der Waals surface area contributed by atoms with Crippen LogP contribution in [0.3, 0.4) is 0 Å². The Hall–Kier alpha value is -2.63. The maximum atomic E-state index is 12.8. The molecule has 2 aromatic rings. The number of rotatable bonds is 8. The van der Waals surface area contributed by atoms with Gasteiger partial charge in [-0.05, 0) is 72.9 Å². The maximum Gasteiger partial charge on any atom is 0.286 e. The van der Waals surface area contributed by atoms with Gasteiger partial charge >= 0.3 is 0 Å². The molecule has 2 N–H and O–H groups in total. The molecule has 0 aromatic heterocycles. The lowest BCUT2D eigenvalue weighted by molar-refractivity contribution is -0.166. The number of aliphatic hydroxyl groups is 1. The highest BCUT2D eigenvalue weighted by molar-refractivity contribution is 5.92. The Balaban J connectivity index is 1.50. The van der Waals surface area contributed by atoms with E-state index in [1.54, 1.807) is 0 Å². The molecule has 5 rings (SSSR count). The summed E-state index contributed by atoms with van der Waals surface area (Å²) in [7, 11) is 0. The summed E-state index contributed by atoms with van der Waals surface area (Å²) >= 11 is 0. The van der Waals surface area contributed by atoms with Crippen molar-refractivity contribution in [3.8, 4) is 11.1 Å². The molecule has 0 radical (unpaired) electrons. The van der Waals surface area contributed by atoms with Crippen LogP contribution in [0.1, 0.15) is 55.2 Å². The molecule has 5 nitrogen and oxygen atoms in total. The van der Waals surface area contributed by atoms with Crippen LogP contribution in [0.4, 0.5) is 0 Å². The van der Waals surface area contributed by atoms with Gasteiger partial charge in [-0.15, -0.1) is 0 Å². The lowest BCUT2D eigenvalue weighted by atomic mass is 9.80. The standard InChI is InChI=1S/C27H31NO4/c1-2-31-27-23(8-5-13-29)24(16-25(32-27)26(30)28-20-10-11-20)18-9-12-22-19(15-18)14-17-6-3-4-7-21(17)22/h3-4,6-7,9,12,15-16,20,23-24,27,29H,2,5,8,10-11,13-14H2,1H3,(H,28,30)/t23-,24+,27+/m0/s1. The molecule has 1 fully saturated rings. The van der Waals surface area contributed by atoms with Crippen LogP contribution in [0.2, 0.25) is 0 Å². The van der Waals surface area contributed by atoms with Gasteiger partial charge in [0.15, 0.2) is 5.76 Å². The normalized spacial score (nSPS) is 23.7. The fourth-order valence-electron chi connectivity index (χ4n) is 5.00. The highest BCUT2D eigenvalue weighted by atomic mass is 16.7. The van der Waals surface area contributed by atoms with E-state index in [0.29, 0.717) is 18.8 Å². The summed E-state index contributed by atoms with van der Waals surface area (Å²) in [6, 6.07) is 15.5. The summed E-state index contributed by atoms with van der Waals surface area (Å²) in [5.41, 5.74) is 6.45. The lowest BCUT2D eigenvalue weighted by Crippen LogP contribution is -2.39. The molecule has 3 atom stereocenters. The van der Waals surface area contributed by atoms with Gasteiger partial charge in [-0.3, -0.25) is 4.79 Å². The van der Waals surface area contributed by atoms with Crippen LogP contribution >= 0.6 is 0 Å². The van der Waals surface area contributed by atoms with Crippen molar-refractivity contribution >= 4 is 5.91 Å². The molecule has 1 heterocycles. The van der Waals surface area contributed by atoms with Gasteiger partial charge in [0.2, 0.25) is 6.29 Å². The van der Waals surface area contributed by atoms with E-state index in [9.17, 15) is 9.90 Å². The molecular weight excluding hydrogens is 402 g/mol. The van der Waals surface area contributed by atoms with Gasteiger partial charge in [0, 0.05) is 31.1 Å². The number of nitrogens with one attached hydrogen (secondary N) is 1. The fraction of sp³-hybridized carbons (Fsp3) is 0.444. The van der Waals surface area contributed by atoms with Crippen LogP contribution in [0, 0.1) is 5.92 Å². The second-order valence-corrected chi connectivity index (χ2v) is 9.03. The van der Waals surface area contributed by atoms with Crippen molar-refractivity contribution in [1.82, 2.24) is 5.32 Å². The number of carbonyl (C=O) groups excluding carboxylic acids is 1. The van der Waals surface area contributed by atoms with Crippen molar-refractivity contribution in [2.45, 2.75) is 57.3 Å². The van der Waals surface area contributed by atoms with Crippen molar-refractivity contribution in [2.24, 2.45) is 5.92 Å². The van der Waals surface area contributed by atoms with Crippen LogP contribution in [0.15, 0.2) is 54.3 Å². The largest absolute Gasteiger partial charge is 0.459 e. The summed E-state index contributed by atoms with van der Waals surface area (Å²) < 4.78 is 12.0. The van der Waals surface area contributed by atoms with Crippen LogP contribution in [0.25, 0.3) is 11.1 Å². The number of ether oxygens (including phenoxy) is 2. The first-order chi connectivity index (χ1) is 15.7. The number of benzene rings is 2. The number of hydrogen-bond donors (Lipinski definition) is 2. The topological polar surface area (TPSA) is 67.8 Å². The lowest BCUT2D eigenvalue weighted by Gasteiger charge is -2.37. The molecule has 168 valence electrons. The second-order valence-electron chi connectivity index (χ2n) is 9.03. The smallest absolute Gasteiger partial charge is 0.286 e. The molecule has 2 aromatic carbocycles. The molecule has 0 unspecified atom stereocenters. The zero-order valence-corrected chi connectivity index (χ0v) is 18.5. The Kier molecular flexibility index (Phi) is 6.03. The van der Waals surface area contributed by atoms with E-state index in [2.05, 4.69) is 47.8 Å². The van der Waals surface area contributed by atoms with Crippen molar-refractivity contribution in [2.75, 3.05) is 13.2 Å². The molecular formula is C27H31NO4. The molecule has 1 saturated carbocycles. The third kappa shape index (κ3) is 4.19. The van der Waals surface area contributed by atoms with Crippen molar-refractivity contribution in [3.05, 3.63) is 71.0 Å². The summed E-state index contributed by atoms with van der Waals surface area (Å²) in [5, 5.41) is 12.5. The summed E-state index contributed by atoms with van der Waals surface area (Å²) in [5.74, 6) is 0.211. The summed E-state index contributed by atoms with van der Waals surface area (Å²) in [6.45, 7) is 2.57. The zero-order valence-electron chi connectivity index (χ0n) is 18.5. The van der Waals surface area contributed by atoms with Gasteiger partial charge < -0.3 is 19.9 Å². The minimum atomic E-state index is -0.507. The van der Waals surface area contributed by atoms with E-state index in [-0.39, 0.29) is 30.4 Å². The van der Waals surface area contributed by atoms with E-state index in [1.807, 2.05) is 13.0 Å². The monoisotopic (exact) mass is 433 g/mol. The number of fused-ring (bicyclic) bond motifs is 3. The second kappa shape index (κ2) is 9.08. The first-order valence-corrected chi connectivity index (χ1v) is 11.8. The first-order valence-electron chi connectivity index (χ1n) is 11.8. The van der Waals surface area contributed by atoms with Gasteiger partial charge in [0.05, 0.1) is 0 Å². The minimum Gasteiger partial charge on any atom is -0.459 e. The van der Waals surface area contributed by atoms with Gasteiger partial charge in [0.1, 0.15) is 0 Å². The number of hydrogen-bond acceptors (Lipinski definition) is 4. The van der Waals surface area contributed by atoms with Crippen LogP contribution in [-0.4, -0.2) is 36.6 Å². The Morgan fingerprint density at radius 3 is 2.75 bits per heavy atom. The Morgan fingerprint density at radius 1 is 1.16 bits per heavy atom. The molecule has 32 heavy (non-hydrogen) atoms. The maximum absolute atomic E-state index is 12.8. The Morgan fingerprint density at radius 2 is 1.97 bits per heavy atom. The zero-order chi connectivity index (χ0) is 22.1. The van der Waals surface area contributed by atoms with Gasteiger partial charge in [-0.25, -0.2) is 0 Å². The van der Waals surface area contributed by atoms with Crippen molar-refractivity contribution in [1.29, 1.82) is 0 Å². The molecule has 3 aliphatic rings. The van der Waals surface area contributed by atoms with Crippen LogP contribution < -0.4 is 5.32 Å². The van der Waals surface area contributed by atoms with Crippen molar-refractivity contribution in [3.63, 3.8) is 0 Å². The van der Waals surface area contributed by atoms with E-state index in [0.717, 1.165) is 25.7 Å². The molecule has 1 amide bonds. The average molecular weight is 434 g/mol. The number of allylic oxidation sites excluding steroid dienone is 1. The molecule has 1 aliphatic heterocycles. The van der Waals surface area contributed by atoms with E-state index >= 15 is 0 Å². The van der Waals surface area contributed by atoms with Gasteiger partial charge in [-0.2, -0.15) is 0 Å². The van der Waals surface area contributed by atoms with E-state index < -0.39 is 6.29 Å². The summed E-state index contributed by atoms with van der Waals surface area (Å²) in [6.07, 6.45) is 5.88. The van der Waals surface area contributed by atoms with Gasteiger partial charge in [0.25, 0.3) is 5.91 Å². The van der Waals surface area contributed by atoms with E-state index in [1.165, 1.54) is 27.8 Å². The Labute approximate surface area is 189 Å². The van der Waals surface area contributed by atoms with Crippen LogP contribution in [0.5, 0.6) is 0 Å².